The van der Waals surface area contributed by atoms with Crippen molar-refractivity contribution in [3.8, 4) is 0 Å². The van der Waals surface area contributed by atoms with E-state index in [0.717, 1.165) is 0 Å². The Labute approximate surface area is 112 Å². The van der Waals surface area contributed by atoms with E-state index in [1.54, 1.807) is 32.1 Å². The van der Waals surface area contributed by atoms with Crippen molar-refractivity contribution < 1.29 is 23.9 Å². The molecule has 0 aromatic heterocycles. The number of hydrogen-bond acceptors (Lipinski definition) is 5. The van der Waals surface area contributed by atoms with Crippen LogP contribution in [0.25, 0.3) is 0 Å². The van der Waals surface area contributed by atoms with E-state index < -0.39 is 23.8 Å². The normalized spacial score (nSPS) is 18.3. The largest absolute Gasteiger partial charge is 0.465 e. The van der Waals surface area contributed by atoms with Gasteiger partial charge in [0, 0.05) is 12.3 Å². The van der Waals surface area contributed by atoms with Gasteiger partial charge >= 0.3 is 11.9 Å². The number of carbonyl (C=O) groups excluding carboxylic acids is 3. The second-order valence-electron chi connectivity index (χ2n) is 4.06. The fraction of sp³-hybridized carbons (Fsp3) is 0.500. The molecular weight excluding hydrogens is 248 g/mol. The van der Waals surface area contributed by atoms with E-state index in [-0.39, 0.29) is 25.4 Å². The Kier molecular flexibility index (Phi) is 5.99. The number of ketones is 1. The van der Waals surface area contributed by atoms with Crippen LogP contribution in [-0.2, 0) is 23.9 Å². The van der Waals surface area contributed by atoms with E-state index in [0.29, 0.717) is 0 Å². The summed E-state index contributed by atoms with van der Waals surface area (Å²) < 4.78 is 9.79. The Morgan fingerprint density at radius 1 is 1.21 bits per heavy atom. The zero-order chi connectivity index (χ0) is 14.3. The fourth-order valence-electron chi connectivity index (χ4n) is 1.88. The lowest BCUT2D eigenvalue weighted by Gasteiger charge is -2.20. The van der Waals surface area contributed by atoms with Crippen LogP contribution in [0.3, 0.4) is 0 Å². The molecule has 104 valence electrons. The van der Waals surface area contributed by atoms with Crippen molar-refractivity contribution in [3.05, 3.63) is 24.3 Å². The van der Waals surface area contributed by atoms with Crippen molar-refractivity contribution in [2.75, 3.05) is 13.2 Å². The minimum atomic E-state index is -1.08. The van der Waals surface area contributed by atoms with E-state index in [9.17, 15) is 14.4 Å². The van der Waals surface area contributed by atoms with Crippen LogP contribution < -0.4 is 0 Å². The van der Waals surface area contributed by atoms with Gasteiger partial charge in [-0.2, -0.15) is 0 Å². The molecule has 1 rings (SSSR count). The summed E-state index contributed by atoms with van der Waals surface area (Å²) in [5.74, 6) is -3.04. The summed E-state index contributed by atoms with van der Waals surface area (Å²) >= 11 is 0. The summed E-state index contributed by atoms with van der Waals surface area (Å²) in [5, 5.41) is 0. The Morgan fingerprint density at radius 3 is 2.32 bits per heavy atom. The van der Waals surface area contributed by atoms with Gasteiger partial charge in [-0.25, -0.2) is 0 Å². The van der Waals surface area contributed by atoms with E-state index in [1.165, 1.54) is 6.08 Å². The van der Waals surface area contributed by atoms with E-state index in [4.69, 9.17) is 9.47 Å². The highest BCUT2D eigenvalue weighted by molar-refractivity contribution is 5.97. The molecule has 0 aliphatic heterocycles. The number of esters is 2. The number of hydrogen-bond donors (Lipinski definition) is 0. The molecule has 0 spiro atoms. The van der Waals surface area contributed by atoms with Gasteiger partial charge in [0.15, 0.2) is 11.7 Å². The highest BCUT2D eigenvalue weighted by Gasteiger charge is 2.37. The average Bonchev–Trinajstić information content (AvgIpc) is 2.55. The molecule has 0 bridgehead atoms. The van der Waals surface area contributed by atoms with Gasteiger partial charge < -0.3 is 9.47 Å². The highest BCUT2D eigenvalue weighted by atomic mass is 16.6. The van der Waals surface area contributed by atoms with Gasteiger partial charge in [-0.05, 0) is 19.9 Å². The quantitative estimate of drug-likeness (QED) is 0.556. The standard InChI is InChI=1S/C14H18O5/c1-3-18-13(16)12(14(17)19-4-2)10-7-5-6-8-11(15)9-10/h5-8,10,12H,3-4,9H2,1-2H3. The summed E-state index contributed by atoms with van der Waals surface area (Å²) in [6, 6.07) is 0. The SMILES string of the molecule is CCOC(=O)C(C(=O)OCC)C1C=CC=CC(=O)C1. The predicted molar refractivity (Wildman–Crippen MR) is 68.2 cm³/mol. The first-order valence-corrected chi connectivity index (χ1v) is 6.31. The molecule has 1 aliphatic rings. The van der Waals surface area contributed by atoms with E-state index in [1.807, 2.05) is 0 Å². The van der Waals surface area contributed by atoms with Crippen LogP contribution in [0.4, 0.5) is 0 Å². The molecule has 0 amide bonds. The molecule has 19 heavy (non-hydrogen) atoms. The van der Waals surface area contributed by atoms with Crippen LogP contribution in [-0.4, -0.2) is 30.9 Å². The molecule has 0 radical (unpaired) electrons. The lowest BCUT2D eigenvalue weighted by atomic mass is 9.88. The Morgan fingerprint density at radius 2 is 1.79 bits per heavy atom. The van der Waals surface area contributed by atoms with Crippen LogP contribution in [0.2, 0.25) is 0 Å². The molecule has 0 aromatic rings. The van der Waals surface area contributed by atoms with Crippen molar-refractivity contribution >= 4 is 17.7 Å². The van der Waals surface area contributed by atoms with Crippen LogP contribution in [0.15, 0.2) is 24.3 Å². The molecule has 0 heterocycles. The molecule has 0 fully saturated rings. The molecule has 1 atom stereocenters. The summed E-state index contributed by atoms with van der Waals surface area (Å²) in [5.41, 5.74) is 0. The topological polar surface area (TPSA) is 69.7 Å². The van der Waals surface area contributed by atoms with Gasteiger partial charge in [0.05, 0.1) is 13.2 Å². The zero-order valence-corrected chi connectivity index (χ0v) is 11.1. The zero-order valence-electron chi connectivity index (χ0n) is 11.1. The number of ether oxygens (including phenoxy) is 2. The average molecular weight is 266 g/mol. The first kappa shape index (κ1) is 15.1. The van der Waals surface area contributed by atoms with Crippen molar-refractivity contribution in [2.45, 2.75) is 20.3 Å². The molecule has 1 unspecified atom stereocenters. The van der Waals surface area contributed by atoms with Crippen LogP contribution in [0, 0.1) is 11.8 Å². The summed E-state index contributed by atoms with van der Waals surface area (Å²) in [4.78, 5) is 35.3. The maximum atomic E-state index is 11.9. The minimum Gasteiger partial charge on any atom is -0.465 e. The molecule has 1 aliphatic carbocycles. The highest BCUT2D eigenvalue weighted by Crippen LogP contribution is 2.23. The van der Waals surface area contributed by atoms with Crippen molar-refractivity contribution in [1.82, 2.24) is 0 Å². The second-order valence-corrected chi connectivity index (χ2v) is 4.06. The van der Waals surface area contributed by atoms with Gasteiger partial charge in [-0.3, -0.25) is 14.4 Å². The summed E-state index contributed by atoms with van der Waals surface area (Å²) in [7, 11) is 0. The Balaban J connectivity index is 2.91. The number of carbonyl (C=O) groups is 3. The van der Waals surface area contributed by atoms with Crippen LogP contribution in [0.5, 0.6) is 0 Å². The van der Waals surface area contributed by atoms with Crippen molar-refractivity contribution in [3.63, 3.8) is 0 Å². The van der Waals surface area contributed by atoms with Crippen LogP contribution in [0.1, 0.15) is 20.3 Å². The number of allylic oxidation sites excluding steroid dienone is 4. The molecule has 0 N–H and O–H groups in total. The lowest BCUT2D eigenvalue weighted by Crippen LogP contribution is -2.34. The molecule has 0 saturated heterocycles. The van der Waals surface area contributed by atoms with E-state index >= 15 is 0 Å². The van der Waals surface area contributed by atoms with Gasteiger partial charge in [0.2, 0.25) is 0 Å². The third-order valence-corrected chi connectivity index (χ3v) is 2.70. The molecule has 5 nitrogen and oxygen atoms in total. The first-order chi connectivity index (χ1) is 9.10. The summed E-state index contributed by atoms with van der Waals surface area (Å²) in [6.45, 7) is 3.68. The fourth-order valence-corrected chi connectivity index (χ4v) is 1.88. The minimum absolute atomic E-state index is 0.0926. The van der Waals surface area contributed by atoms with Gasteiger partial charge in [-0.15, -0.1) is 0 Å². The second kappa shape index (κ2) is 7.51. The van der Waals surface area contributed by atoms with E-state index in [2.05, 4.69) is 0 Å². The predicted octanol–water partition coefficient (Wildman–Crippen LogP) is 1.43. The molecular formula is C14H18O5. The van der Waals surface area contributed by atoms with Gasteiger partial charge in [0.25, 0.3) is 0 Å². The van der Waals surface area contributed by atoms with Gasteiger partial charge in [0.1, 0.15) is 0 Å². The van der Waals surface area contributed by atoms with Gasteiger partial charge in [-0.1, -0.05) is 18.2 Å². The third-order valence-electron chi connectivity index (χ3n) is 2.70. The van der Waals surface area contributed by atoms with Crippen molar-refractivity contribution in [1.29, 1.82) is 0 Å². The summed E-state index contributed by atoms with van der Waals surface area (Å²) in [6.07, 6.45) is 6.43. The third kappa shape index (κ3) is 4.35. The molecule has 5 heteroatoms. The molecule has 0 aromatic carbocycles. The maximum Gasteiger partial charge on any atom is 0.320 e. The first-order valence-electron chi connectivity index (χ1n) is 6.31. The maximum absolute atomic E-state index is 11.9. The monoisotopic (exact) mass is 266 g/mol. The van der Waals surface area contributed by atoms with Crippen LogP contribution >= 0.6 is 0 Å². The van der Waals surface area contributed by atoms with Crippen molar-refractivity contribution in [2.24, 2.45) is 11.8 Å². The Bertz CT molecular complexity index is 390. The number of rotatable bonds is 5. The molecule has 0 saturated carbocycles. The lowest BCUT2D eigenvalue weighted by molar-refractivity contribution is -0.163. The smallest absolute Gasteiger partial charge is 0.320 e. The Hall–Kier alpha value is -1.91.